The third-order valence-electron chi connectivity index (χ3n) is 2.86. The van der Waals surface area contributed by atoms with Crippen molar-refractivity contribution in [3.8, 4) is 0 Å². The van der Waals surface area contributed by atoms with Gasteiger partial charge in [0.15, 0.2) is 0 Å². The van der Waals surface area contributed by atoms with E-state index in [1.165, 1.54) is 0 Å². The Kier molecular flexibility index (Phi) is 2.97. The van der Waals surface area contributed by atoms with Gasteiger partial charge in [-0.2, -0.15) is 15.3 Å². The van der Waals surface area contributed by atoms with Crippen LogP contribution in [0.25, 0.3) is 10.9 Å². The summed E-state index contributed by atoms with van der Waals surface area (Å²) in [6.07, 6.45) is 5.19. The van der Waals surface area contributed by atoms with Crippen LogP contribution in [-0.2, 0) is 6.54 Å². The van der Waals surface area contributed by atoms with Gasteiger partial charge in [-0.3, -0.25) is 4.68 Å². The molecule has 0 saturated carbocycles. The molecule has 0 radical (unpaired) electrons. The molecular formula is C13H14N6. The van der Waals surface area contributed by atoms with Crippen molar-refractivity contribution in [2.24, 2.45) is 0 Å². The molecule has 0 aliphatic rings. The first kappa shape index (κ1) is 11.5. The van der Waals surface area contributed by atoms with E-state index in [1.807, 2.05) is 30.5 Å². The molecule has 1 aromatic carbocycles. The van der Waals surface area contributed by atoms with Crippen LogP contribution in [0.2, 0.25) is 0 Å². The summed E-state index contributed by atoms with van der Waals surface area (Å²) in [4.78, 5) is 0. The molecule has 0 bridgehead atoms. The standard InChI is InChI=1S/C13H14N6/c14-10-7-17-19(9-10)6-5-15-13-8-16-18-12-4-2-1-3-11(12)13/h1-4,7-9H,5-6,14H2,(H,15,18). The van der Waals surface area contributed by atoms with E-state index in [1.54, 1.807) is 17.1 Å². The van der Waals surface area contributed by atoms with Crippen LogP contribution in [0.5, 0.6) is 0 Å². The van der Waals surface area contributed by atoms with Crippen molar-refractivity contribution in [3.63, 3.8) is 0 Å². The highest BCUT2D eigenvalue weighted by Crippen LogP contribution is 2.19. The number of fused-ring (bicyclic) bond motifs is 1. The van der Waals surface area contributed by atoms with Crippen molar-refractivity contribution in [2.45, 2.75) is 6.54 Å². The molecule has 0 aliphatic carbocycles. The quantitative estimate of drug-likeness (QED) is 0.737. The van der Waals surface area contributed by atoms with Crippen molar-refractivity contribution in [1.82, 2.24) is 20.0 Å². The number of aromatic nitrogens is 4. The average Bonchev–Trinajstić information content (AvgIpc) is 2.85. The molecule has 3 N–H and O–H groups in total. The number of benzene rings is 1. The number of hydrogen-bond acceptors (Lipinski definition) is 5. The van der Waals surface area contributed by atoms with Gasteiger partial charge in [0.25, 0.3) is 0 Å². The monoisotopic (exact) mass is 254 g/mol. The minimum atomic E-state index is 0.677. The van der Waals surface area contributed by atoms with Gasteiger partial charge in [0, 0.05) is 18.1 Å². The zero-order valence-electron chi connectivity index (χ0n) is 10.3. The maximum atomic E-state index is 5.61. The van der Waals surface area contributed by atoms with Gasteiger partial charge in [0.2, 0.25) is 0 Å². The molecule has 0 spiro atoms. The summed E-state index contributed by atoms with van der Waals surface area (Å²) >= 11 is 0. The highest BCUT2D eigenvalue weighted by atomic mass is 15.3. The number of hydrogen-bond donors (Lipinski definition) is 2. The number of nitrogens with two attached hydrogens (primary N) is 1. The molecule has 2 heterocycles. The number of rotatable bonds is 4. The van der Waals surface area contributed by atoms with Crippen LogP contribution in [0.15, 0.2) is 42.9 Å². The lowest BCUT2D eigenvalue weighted by atomic mass is 10.2. The maximum absolute atomic E-state index is 5.61. The summed E-state index contributed by atoms with van der Waals surface area (Å²) in [6, 6.07) is 7.91. The van der Waals surface area contributed by atoms with Crippen molar-refractivity contribution in [3.05, 3.63) is 42.9 Å². The van der Waals surface area contributed by atoms with E-state index in [0.717, 1.165) is 29.7 Å². The van der Waals surface area contributed by atoms with Gasteiger partial charge in [0.1, 0.15) is 0 Å². The molecule has 0 atom stereocenters. The molecule has 0 amide bonds. The Morgan fingerprint density at radius 2 is 2.11 bits per heavy atom. The Morgan fingerprint density at radius 3 is 2.95 bits per heavy atom. The van der Waals surface area contributed by atoms with E-state index < -0.39 is 0 Å². The molecule has 6 heteroatoms. The molecule has 0 aliphatic heterocycles. The van der Waals surface area contributed by atoms with E-state index in [4.69, 9.17) is 5.73 Å². The Balaban J connectivity index is 1.71. The summed E-state index contributed by atoms with van der Waals surface area (Å²) in [6.45, 7) is 1.49. The van der Waals surface area contributed by atoms with Crippen LogP contribution in [0.1, 0.15) is 0 Å². The Labute approximate surface area is 110 Å². The van der Waals surface area contributed by atoms with Gasteiger partial charge >= 0.3 is 0 Å². The first-order valence-electron chi connectivity index (χ1n) is 6.05. The van der Waals surface area contributed by atoms with Crippen molar-refractivity contribution < 1.29 is 0 Å². The number of nitrogens with one attached hydrogen (secondary N) is 1. The molecule has 3 aromatic rings. The molecule has 0 unspecified atom stereocenters. The zero-order chi connectivity index (χ0) is 13.1. The van der Waals surface area contributed by atoms with Crippen LogP contribution in [0.3, 0.4) is 0 Å². The number of nitrogen functional groups attached to an aromatic ring is 1. The molecule has 96 valence electrons. The predicted molar refractivity (Wildman–Crippen MR) is 74.7 cm³/mol. The molecule has 0 fully saturated rings. The van der Waals surface area contributed by atoms with Gasteiger partial charge < -0.3 is 11.1 Å². The second-order valence-electron chi connectivity index (χ2n) is 4.24. The van der Waals surface area contributed by atoms with Gasteiger partial charge in [-0.15, -0.1) is 0 Å². The first-order chi connectivity index (χ1) is 9.33. The van der Waals surface area contributed by atoms with Gasteiger partial charge in [-0.05, 0) is 6.07 Å². The van der Waals surface area contributed by atoms with Crippen molar-refractivity contribution in [1.29, 1.82) is 0 Å². The predicted octanol–water partition coefficient (Wildman–Crippen LogP) is 1.52. The SMILES string of the molecule is Nc1cnn(CCNc2cnnc3ccccc23)c1. The number of anilines is 2. The summed E-state index contributed by atoms with van der Waals surface area (Å²) < 4.78 is 1.80. The molecule has 19 heavy (non-hydrogen) atoms. The minimum Gasteiger partial charge on any atom is -0.396 e. The van der Waals surface area contributed by atoms with Crippen LogP contribution >= 0.6 is 0 Å². The number of nitrogens with zero attached hydrogens (tertiary/aromatic N) is 4. The molecule has 0 saturated heterocycles. The second kappa shape index (κ2) is 4.93. The third-order valence-corrected chi connectivity index (χ3v) is 2.86. The fourth-order valence-electron chi connectivity index (χ4n) is 1.95. The normalized spacial score (nSPS) is 10.7. The van der Waals surface area contributed by atoms with Crippen LogP contribution in [0, 0.1) is 0 Å². The van der Waals surface area contributed by atoms with Crippen LogP contribution < -0.4 is 11.1 Å². The van der Waals surface area contributed by atoms with E-state index in [-0.39, 0.29) is 0 Å². The van der Waals surface area contributed by atoms with E-state index in [2.05, 4.69) is 20.6 Å². The lowest BCUT2D eigenvalue weighted by Crippen LogP contribution is -2.11. The molecule has 6 nitrogen and oxygen atoms in total. The molecule has 2 aromatic heterocycles. The van der Waals surface area contributed by atoms with Crippen molar-refractivity contribution >= 4 is 22.3 Å². The second-order valence-corrected chi connectivity index (χ2v) is 4.24. The smallest absolute Gasteiger partial charge is 0.0950 e. The van der Waals surface area contributed by atoms with Gasteiger partial charge in [-0.25, -0.2) is 0 Å². The minimum absolute atomic E-state index is 0.677. The van der Waals surface area contributed by atoms with E-state index >= 15 is 0 Å². The Bertz CT molecular complexity index is 685. The average molecular weight is 254 g/mol. The van der Waals surface area contributed by atoms with Crippen LogP contribution in [0.4, 0.5) is 11.4 Å². The summed E-state index contributed by atoms with van der Waals surface area (Å²) in [7, 11) is 0. The Hall–Kier alpha value is -2.63. The largest absolute Gasteiger partial charge is 0.396 e. The first-order valence-corrected chi connectivity index (χ1v) is 6.05. The van der Waals surface area contributed by atoms with Gasteiger partial charge in [-0.1, -0.05) is 18.2 Å². The Morgan fingerprint density at radius 1 is 1.21 bits per heavy atom. The topological polar surface area (TPSA) is 81.6 Å². The lowest BCUT2D eigenvalue weighted by molar-refractivity contribution is 0.638. The summed E-state index contributed by atoms with van der Waals surface area (Å²) in [5.41, 5.74) is 8.15. The van der Waals surface area contributed by atoms with Gasteiger partial charge in [0.05, 0.1) is 35.8 Å². The lowest BCUT2D eigenvalue weighted by Gasteiger charge is -2.08. The van der Waals surface area contributed by atoms with E-state index in [0.29, 0.717) is 5.69 Å². The fraction of sp³-hybridized carbons (Fsp3) is 0.154. The van der Waals surface area contributed by atoms with E-state index in [9.17, 15) is 0 Å². The highest BCUT2D eigenvalue weighted by molar-refractivity contribution is 5.90. The zero-order valence-corrected chi connectivity index (χ0v) is 10.3. The molecular weight excluding hydrogens is 240 g/mol. The summed E-state index contributed by atoms with van der Waals surface area (Å²) in [5, 5.41) is 16.6. The summed E-state index contributed by atoms with van der Waals surface area (Å²) in [5.74, 6) is 0. The maximum Gasteiger partial charge on any atom is 0.0950 e. The van der Waals surface area contributed by atoms with Crippen molar-refractivity contribution in [2.75, 3.05) is 17.6 Å². The third kappa shape index (κ3) is 2.47. The fourth-order valence-corrected chi connectivity index (χ4v) is 1.95. The molecule has 3 rings (SSSR count). The van der Waals surface area contributed by atoms with Crippen LogP contribution in [-0.4, -0.2) is 26.5 Å². The highest BCUT2D eigenvalue weighted by Gasteiger charge is 2.01.